The molecule has 1 aliphatic carbocycles. The maximum atomic E-state index is 8.95. The first-order valence-electron chi connectivity index (χ1n) is 5.01. The van der Waals surface area contributed by atoms with Crippen LogP contribution in [0, 0.1) is 11.3 Å². The van der Waals surface area contributed by atoms with Crippen LogP contribution < -0.4 is 4.74 Å². The summed E-state index contributed by atoms with van der Waals surface area (Å²) in [6, 6.07) is 4.01. The SMILES string of the molecule is C=CCOc1nc2c(cc1C#N)CCC2. The van der Waals surface area contributed by atoms with Crippen molar-refractivity contribution in [3.63, 3.8) is 0 Å². The Bertz CT molecular complexity index is 432. The molecule has 15 heavy (non-hydrogen) atoms. The molecule has 0 saturated heterocycles. The first-order valence-corrected chi connectivity index (χ1v) is 5.01. The Morgan fingerprint density at radius 2 is 2.47 bits per heavy atom. The molecular weight excluding hydrogens is 188 g/mol. The summed E-state index contributed by atoms with van der Waals surface area (Å²) in [7, 11) is 0. The summed E-state index contributed by atoms with van der Waals surface area (Å²) in [5, 5.41) is 8.95. The number of aromatic nitrogens is 1. The lowest BCUT2D eigenvalue weighted by atomic mass is 10.1. The van der Waals surface area contributed by atoms with Gasteiger partial charge in [-0.1, -0.05) is 12.7 Å². The Labute approximate surface area is 89.0 Å². The third-order valence-electron chi connectivity index (χ3n) is 2.47. The molecule has 1 heterocycles. The van der Waals surface area contributed by atoms with Crippen LogP contribution in [0.5, 0.6) is 5.88 Å². The highest BCUT2D eigenvalue weighted by Crippen LogP contribution is 2.25. The van der Waals surface area contributed by atoms with E-state index in [0.29, 0.717) is 18.1 Å². The standard InChI is InChI=1S/C12H12N2O/c1-2-6-15-12-10(8-13)7-9-4-3-5-11(9)14-12/h2,7H,1,3-6H2. The Balaban J connectivity index is 2.36. The fourth-order valence-electron chi connectivity index (χ4n) is 1.78. The smallest absolute Gasteiger partial charge is 0.232 e. The van der Waals surface area contributed by atoms with Gasteiger partial charge in [0, 0.05) is 5.69 Å². The number of rotatable bonds is 3. The lowest BCUT2D eigenvalue weighted by Crippen LogP contribution is -2.01. The highest BCUT2D eigenvalue weighted by molar-refractivity contribution is 5.44. The van der Waals surface area contributed by atoms with Gasteiger partial charge in [-0.15, -0.1) is 0 Å². The second kappa shape index (κ2) is 4.14. The van der Waals surface area contributed by atoms with Gasteiger partial charge in [-0.25, -0.2) is 4.98 Å². The zero-order chi connectivity index (χ0) is 10.7. The average Bonchev–Trinajstić information content (AvgIpc) is 2.71. The number of ether oxygens (including phenoxy) is 1. The van der Waals surface area contributed by atoms with Gasteiger partial charge in [0.25, 0.3) is 0 Å². The topological polar surface area (TPSA) is 45.9 Å². The van der Waals surface area contributed by atoms with Gasteiger partial charge >= 0.3 is 0 Å². The van der Waals surface area contributed by atoms with Crippen molar-refractivity contribution in [2.24, 2.45) is 0 Å². The molecule has 76 valence electrons. The van der Waals surface area contributed by atoms with E-state index in [2.05, 4.69) is 17.6 Å². The first kappa shape index (κ1) is 9.72. The minimum atomic E-state index is 0.389. The van der Waals surface area contributed by atoms with Crippen molar-refractivity contribution in [1.29, 1.82) is 5.26 Å². The van der Waals surface area contributed by atoms with Gasteiger partial charge in [0.05, 0.1) is 0 Å². The zero-order valence-corrected chi connectivity index (χ0v) is 8.49. The predicted molar refractivity (Wildman–Crippen MR) is 56.7 cm³/mol. The van der Waals surface area contributed by atoms with Gasteiger partial charge in [-0.05, 0) is 30.9 Å². The molecule has 0 spiro atoms. The molecule has 3 nitrogen and oxygen atoms in total. The third kappa shape index (κ3) is 1.84. The van der Waals surface area contributed by atoms with E-state index in [4.69, 9.17) is 10.00 Å². The van der Waals surface area contributed by atoms with Crippen LogP contribution in [0.4, 0.5) is 0 Å². The van der Waals surface area contributed by atoms with Crippen LogP contribution in [-0.2, 0) is 12.8 Å². The molecule has 0 saturated carbocycles. The van der Waals surface area contributed by atoms with E-state index in [-0.39, 0.29) is 0 Å². The van der Waals surface area contributed by atoms with Crippen molar-refractivity contribution in [3.05, 3.63) is 35.5 Å². The Hall–Kier alpha value is -1.82. The Morgan fingerprint density at radius 3 is 3.20 bits per heavy atom. The van der Waals surface area contributed by atoms with Crippen LogP contribution in [0.15, 0.2) is 18.7 Å². The van der Waals surface area contributed by atoms with Crippen LogP contribution in [0.3, 0.4) is 0 Å². The van der Waals surface area contributed by atoms with Crippen LogP contribution in [0.25, 0.3) is 0 Å². The molecule has 1 aromatic rings. The lowest BCUT2D eigenvalue weighted by Gasteiger charge is -2.06. The maximum absolute atomic E-state index is 8.95. The number of aryl methyl sites for hydroxylation is 2. The van der Waals surface area contributed by atoms with Crippen molar-refractivity contribution in [2.75, 3.05) is 6.61 Å². The molecular formula is C12H12N2O. The maximum Gasteiger partial charge on any atom is 0.232 e. The molecule has 0 unspecified atom stereocenters. The van der Waals surface area contributed by atoms with E-state index in [9.17, 15) is 0 Å². The van der Waals surface area contributed by atoms with Crippen LogP contribution in [0.1, 0.15) is 23.2 Å². The van der Waals surface area contributed by atoms with Gasteiger partial charge in [0.1, 0.15) is 18.2 Å². The number of nitriles is 1. The summed E-state index contributed by atoms with van der Waals surface area (Å²) < 4.78 is 5.35. The number of pyridine rings is 1. The molecule has 0 radical (unpaired) electrons. The minimum Gasteiger partial charge on any atom is -0.473 e. The molecule has 0 amide bonds. The van der Waals surface area contributed by atoms with Crippen molar-refractivity contribution < 1.29 is 4.74 Å². The number of nitrogens with zero attached hydrogens (tertiary/aromatic N) is 2. The molecule has 3 heteroatoms. The molecule has 2 rings (SSSR count). The fourth-order valence-corrected chi connectivity index (χ4v) is 1.78. The van der Waals surface area contributed by atoms with E-state index < -0.39 is 0 Å². The Kier molecular flexibility index (Phi) is 2.68. The second-order valence-corrected chi connectivity index (χ2v) is 3.51. The molecule has 1 aromatic heterocycles. The average molecular weight is 200 g/mol. The van der Waals surface area contributed by atoms with Gasteiger partial charge in [-0.3, -0.25) is 0 Å². The molecule has 0 atom stereocenters. The summed E-state index contributed by atoms with van der Waals surface area (Å²) in [4.78, 5) is 4.37. The monoisotopic (exact) mass is 200 g/mol. The van der Waals surface area contributed by atoms with Crippen molar-refractivity contribution in [2.45, 2.75) is 19.3 Å². The largest absolute Gasteiger partial charge is 0.473 e. The van der Waals surface area contributed by atoms with E-state index in [1.54, 1.807) is 6.08 Å². The van der Waals surface area contributed by atoms with Crippen molar-refractivity contribution in [1.82, 2.24) is 4.98 Å². The quantitative estimate of drug-likeness (QED) is 0.701. The predicted octanol–water partition coefficient (Wildman–Crippen LogP) is 2.01. The van der Waals surface area contributed by atoms with E-state index in [1.807, 2.05) is 6.07 Å². The van der Waals surface area contributed by atoms with E-state index >= 15 is 0 Å². The van der Waals surface area contributed by atoms with Crippen molar-refractivity contribution in [3.8, 4) is 11.9 Å². The second-order valence-electron chi connectivity index (χ2n) is 3.51. The number of hydrogen-bond donors (Lipinski definition) is 0. The van der Waals surface area contributed by atoms with Crippen LogP contribution in [-0.4, -0.2) is 11.6 Å². The molecule has 1 aliphatic rings. The number of fused-ring (bicyclic) bond motifs is 1. The fraction of sp³-hybridized carbons (Fsp3) is 0.333. The van der Waals surface area contributed by atoms with E-state index in [0.717, 1.165) is 25.0 Å². The summed E-state index contributed by atoms with van der Waals surface area (Å²) in [6.45, 7) is 3.96. The molecule has 0 fully saturated rings. The van der Waals surface area contributed by atoms with Crippen LogP contribution in [0.2, 0.25) is 0 Å². The van der Waals surface area contributed by atoms with E-state index in [1.165, 1.54) is 5.56 Å². The van der Waals surface area contributed by atoms with Crippen LogP contribution >= 0.6 is 0 Å². The molecule has 0 aromatic carbocycles. The highest BCUT2D eigenvalue weighted by Gasteiger charge is 2.16. The Morgan fingerprint density at radius 1 is 1.60 bits per heavy atom. The summed E-state index contributed by atoms with van der Waals surface area (Å²) in [6.07, 6.45) is 4.79. The minimum absolute atomic E-state index is 0.389. The first-order chi connectivity index (χ1) is 7.35. The van der Waals surface area contributed by atoms with Gasteiger partial charge < -0.3 is 4.74 Å². The van der Waals surface area contributed by atoms with Crippen molar-refractivity contribution >= 4 is 0 Å². The summed E-state index contributed by atoms with van der Waals surface area (Å²) in [5.41, 5.74) is 2.79. The molecule has 0 aliphatic heterocycles. The summed E-state index contributed by atoms with van der Waals surface area (Å²) >= 11 is 0. The molecule has 0 bridgehead atoms. The third-order valence-corrected chi connectivity index (χ3v) is 2.47. The molecule has 0 N–H and O–H groups in total. The summed E-state index contributed by atoms with van der Waals surface area (Å²) in [5.74, 6) is 0.443. The highest BCUT2D eigenvalue weighted by atomic mass is 16.5. The lowest BCUT2D eigenvalue weighted by molar-refractivity contribution is 0.346. The number of hydrogen-bond acceptors (Lipinski definition) is 3. The normalized spacial score (nSPS) is 13.0. The zero-order valence-electron chi connectivity index (χ0n) is 8.49. The van der Waals surface area contributed by atoms with Gasteiger partial charge in [0.2, 0.25) is 5.88 Å². The van der Waals surface area contributed by atoms with Gasteiger partial charge in [0.15, 0.2) is 0 Å². The van der Waals surface area contributed by atoms with Gasteiger partial charge in [-0.2, -0.15) is 5.26 Å².